The van der Waals surface area contributed by atoms with Crippen LogP contribution in [0.1, 0.15) is 41.7 Å². The van der Waals surface area contributed by atoms with Crippen molar-refractivity contribution in [2.45, 2.75) is 25.8 Å². The third-order valence-corrected chi connectivity index (χ3v) is 3.44. The largest absolute Gasteiger partial charge is 0.465 e. The number of carbonyl (C=O) groups excluding carboxylic acids is 1. The quantitative estimate of drug-likeness (QED) is 0.797. The Bertz CT molecular complexity index is 581. The van der Waals surface area contributed by atoms with Crippen LogP contribution in [0.3, 0.4) is 0 Å². The molecule has 0 spiro atoms. The summed E-state index contributed by atoms with van der Waals surface area (Å²) >= 11 is 0. The SMILES string of the molecule is CCCC(Nc1ccccc1C(=O)OC)c1ccccc1. The van der Waals surface area contributed by atoms with Crippen LogP contribution in [0, 0.1) is 0 Å². The van der Waals surface area contributed by atoms with Crippen LogP contribution >= 0.6 is 0 Å². The van der Waals surface area contributed by atoms with E-state index in [9.17, 15) is 4.79 Å². The van der Waals surface area contributed by atoms with Gasteiger partial charge in [0.15, 0.2) is 0 Å². The molecule has 0 radical (unpaired) electrons. The summed E-state index contributed by atoms with van der Waals surface area (Å²) in [6.07, 6.45) is 2.06. The monoisotopic (exact) mass is 283 g/mol. The van der Waals surface area contributed by atoms with Gasteiger partial charge in [-0.25, -0.2) is 4.79 Å². The summed E-state index contributed by atoms with van der Waals surface area (Å²) < 4.78 is 4.85. The number of esters is 1. The molecule has 0 saturated carbocycles. The molecule has 0 bridgehead atoms. The normalized spacial score (nSPS) is 11.7. The summed E-state index contributed by atoms with van der Waals surface area (Å²) in [6.45, 7) is 2.16. The zero-order valence-electron chi connectivity index (χ0n) is 12.5. The standard InChI is InChI=1S/C18H21NO2/c1-3-9-16(14-10-5-4-6-11-14)19-17-13-8-7-12-15(17)18(20)21-2/h4-8,10-13,16,19H,3,9H2,1-2H3. The molecule has 0 aromatic heterocycles. The van der Waals surface area contributed by atoms with Crippen LogP contribution in [0.15, 0.2) is 54.6 Å². The van der Waals surface area contributed by atoms with Crippen molar-refractivity contribution in [3.63, 3.8) is 0 Å². The Morgan fingerprint density at radius 3 is 2.43 bits per heavy atom. The van der Waals surface area contributed by atoms with Gasteiger partial charge >= 0.3 is 5.97 Å². The van der Waals surface area contributed by atoms with Gasteiger partial charge in [-0.1, -0.05) is 55.8 Å². The zero-order valence-corrected chi connectivity index (χ0v) is 12.5. The van der Waals surface area contributed by atoms with E-state index in [2.05, 4.69) is 24.4 Å². The van der Waals surface area contributed by atoms with Crippen molar-refractivity contribution in [1.82, 2.24) is 0 Å². The summed E-state index contributed by atoms with van der Waals surface area (Å²) in [5.41, 5.74) is 2.60. The Kier molecular flexibility index (Phi) is 5.38. The van der Waals surface area contributed by atoms with Crippen LogP contribution in [0.25, 0.3) is 0 Å². The van der Waals surface area contributed by atoms with Crippen LogP contribution in [0.5, 0.6) is 0 Å². The summed E-state index contributed by atoms with van der Waals surface area (Å²) in [5, 5.41) is 3.48. The molecule has 0 aliphatic heterocycles. The van der Waals surface area contributed by atoms with Gasteiger partial charge in [-0.15, -0.1) is 0 Å². The first-order chi connectivity index (χ1) is 10.3. The van der Waals surface area contributed by atoms with Gasteiger partial charge in [0, 0.05) is 5.69 Å². The molecule has 2 aromatic carbocycles. The topological polar surface area (TPSA) is 38.3 Å². The summed E-state index contributed by atoms with van der Waals surface area (Å²) in [4.78, 5) is 11.8. The predicted molar refractivity (Wildman–Crippen MR) is 85.5 cm³/mol. The molecule has 2 rings (SSSR count). The number of rotatable bonds is 6. The zero-order chi connectivity index (χ0) is 15.1. The maximum Gasteiger partial charge on any atom is 0.339 e. The van der Waals surface area contributed by atoms with E-state index in [4.69, 9.17) is 4.74 Å². The van der Waals surface area contributed by atoms with Crippen LogP contribution in [-0.2, 0) is 4.74 Å². The average molecular weight is 283 g/mol. The van der Waals surface area contributed by atoms with Gasteiger partial charge in [-0.2, -0.15) is 0 Å². The minimum Gasteiger partial charge on any atom is -0.465 e. The van der Waals surface area contributed by atoms with Gasteiger partial charge < -0.3 is 10.1 Å². The maximum absolute atomic E-state index is 11.8. The van der Waals surface area contributed by atoms with Crippen molar-refractivity contribution in [3.8, 4) is 0 Å². The van der Waals surface area contributed by atoms with E-state index in [-0.39, 0.29) is 12.0 Å². The molecule has 2 aromatic rings. The second-order valence-corrected chi connectivity index (χ2v) is 4.93. The van der Waals surface area contributed by atoms with E-state index in [1.807, 2.05) is 36.4 Å². The number of para-hydroxylation sites is 1. The fourth-order valence-electron chi connectivity index (χ4n) is 2.38. The third-order valence-electron chi connectivity index (χ3n) is 3.44. The highest BCUT2D eigenvalue weighted by atomic mass is 16.5. The summed E-state index contributed by atoms with van der Waals surface area (Å²) in [6, 6.07) is 17.9. The molecule has 110 valence electrons. The number of ether oxygens (including phenoxy) is 1. The molecule has 0 aliphatic rings. The molecule has 1 unspecified atom stereocenters. The number of nitrogens with one attached hydrogen (secondary N) is 1. The summed E-state index contributed by atoms with van der Waals surface area (Å²) in [5.74, 6) is -0.318. The van der Waals surface area contributed by atoms with E-state index >= 15 is 0 Å². The van der Waals surface area contributed by atoms with Gasteiger partial charge in [0.2, 0.25) is 0 Å². The maximum atomic E-state index is 11.8. The number of carbonyl (C=O) groups is 1. The van der Waals surface area contributed by atoms with Crippen molar-refractivity contribution in [2.75, 3.05) is 12.4 Å². The van der Waals surface area contributed by atoms with Crippen LogP contribution in [0.2, 0.25) is 0 Å². The van der Waals surface area contributed by atoms with E-state index in [1.165, 1.54) is 12.7 Å². The number of benzene rings is 2. The molecular formula is C18H21NO2. The number of hydrogen-bond acceptors (Lipinski definition) is 3. The van der Waals surface area contributed by atoms with Crippen molar-refractivity contribution in [3.05, 3.63) is 65.7 Å². The van der Waals surface area contributed by atoms with E-state index < -0.39 is 0 Å². The minimum absolute atomic E-state index is 0.182. The van der Waals surface area contributed by atoms with E-state index in [1.54, 1.807) is 6.07 Å². The first kappa shape index (κ1) is 15.1. The third kappa shape index (κ3) is 3.85. The Labute approximate surface area is 126 Å². The predicted octanol–water partition coefficient (Wildman–Crippen LogP) is 4.43. The number of methoxy groups -OCH3 is 1. The van der Waals surface area contributed by atoms with Crippen LogP contribution in [0.4, 0.5) is 5.69 Å². The molecule has 1 atom stereocenters. The fourth-order valence-corrected chi connectivity index (χ4v) is 2.38. The van der Waals surface area contributed by atoms with Crippen molar-refractivity contribution >= 4 is 11.7 Å². The molecule has 0 saturated heterocycles. The van der Waals surface area contributed by atoms with Gasteiger partial charge in [0.1, 0.15) is 0 Å². The summed E-state index contributed by atoms with van der Waals surface area (Å²) in [7, 11) is 1.40. The smallest absolute Gasteiger partial charge is 0.339 e. The second kappa shape index (κ2) is 7.48. The first-order valence-electron chi connectivity index (χ1n) is 7.25. The highest BCUT2D eigenvalue weighted by Gasteiger charge is 2.15. The Morgan fingerprint density at radius 1 is 1.10 bits per heavy atom. The molecule has 0 amide bonds. The lowest BCUT2D eigenvalue weighted by molar-refractivity contribution is 0.0602. The lowest BCUT2D eigenvalue weighted by atomic mass is 10.0. The van der Waals surface area contributed by atoms with Crippen LogP contribution < -0.4 is 5.32 Å². The second-order valence-electron chi connectivity index (χ2n) is 4.93. The van der Waals surface area contributed by atoms with Gasteiger partial charge in [0.25, 0.3) is 0 Å². The molecule has 21 heavy (non-hydrogen) atoms. The fraction of sp³-hybridized carbons (Fsp3) is 0.278. The van der Waals surface area contributed by atoms with E-state index in [0.717, 1.165) is 18.5 Å². The van der Waals surface area contributed by atoms with Gasteiger partial charge in [-0.05, 0) is 24.1 Å². The molecule has 0 fully saturated rings. The van der Waals surface area contributed by atoms with Crippen LogP contribution in [-0.4, -0.2) is 13.1 Å². The van der Waals surface area contributed by atoms with Crippen molar-refractivity contribution < 1.29 is 9.53 Å². The molecule has 0 aliphatic carbocycles. The highest BCUT2D eigenvalue weighted by Crippen LogP contribution is 2.26. The number of anilines is 1. The minimum atomic E-state index is -0.318. The lowest BCUT2D eigenvalue weighted by Gasteiger charge is -2.21. The molecule has 1 N–H and O–H groups in total. The van der Waals surface area contributed by atoms with Crippen molar-refractivity contribution in [2.24, 2.45) is 0 Å². The lowest BCUT2D eigenvalue weighted by Crippen LogP contribution is -2.14. The van der Waals surface area contributed by atoms with Gasteiger partial charge in [-0.3, -0.25) is 0 Å². The first-order valence-corrected chi connectivity index (χ1v) is 7.25. The molecule has 3 nitrogen and oxygen atoms in total. The molecule has 0 heterocycles. The average Bonchev–Trinajstić information content (AvgIpc) is 2.55. The Balaban J connectivity index is 2.27. The Hall–Kier alpha value is -2.29. The van der Waals surface area contributed by atoms with E-state index in [0.29, 0.717) is 5.56 Å². The molecular weight excluding hydrogens is 262 g/mol. The van der Waals surface area contributed by atoms with Crippen molar-refractivity contribution in [1.29, 1.82) is 0 Å². The van der Waals surface area contributed by atoms with Gasteiger partial charge in [0.05, 0.1) is 18.7 Å². The Morgan fingerprint density at radius 2 is 1.76 bits per heavy atom. The highest BCUT2D eigenvalue weighted by molar-refractivity contribution is 5.95. The number of hydrogen-bond donors (Lipinski definition) is 1. The molecule has 3 heteroatoms.